The number of anilines is 1. The maximum absolute atomic E-state index is 11.8. The maximum Gasteiger partial charge on any atom is 0.273 e. The van der Waals surface area contributed by atoms with Gasteiger partial charge in [0.25, 0.3) is 5.91 Å². The number of hydrogen-bond donors (Lipinski definition) is 1. The van der Waals surface area contributed by atoms with Crippen molar-refractivity contribution in [2.24, 2.45) is 0 Å². The van der Waals surface area contributed by atoms with Crippen LogP contribution in [0.15, 0.2) is 6.20 Å². The zero-order chi connectivity index (χ0) is 10.8. The van der Waals surface area contributed by atoms with E-state index in [2.05, 4.69) is 10.3 Å². The van der Waals surface area contributed by atoms with Gasteiger partial charge in [-0.3, -0.25) is 4.79 Å². The topological polar surface area (TPSA) is 50.2 Å². The van der Waals surface area contributed by atoms with Crippen molar-refractivity contribution in [3.05, 3.63) is 11.9 Å². The number of carbonyl (C=O) groups excluding carboxylic acids is 1. The molecule has 0 saturated carbocycles. The molecule has 1 amide bonds. The molecular formula is C10H16N4O. The average molecular weight is 208 g/mol. The van der Waals surface area contributed by atoms with Gasteiger partial charge in [0.1, 0.15) is 5.69 Å². The van der Waals surface area contributed by atoms with Crippen LogP contribution in [0.2, 0.25) is 0 Å². The van der Waals surface area contributed by atoms with Gasteiger partial charge in [-0.1, -0.05) is 0 Å². The summed E-state index contributed by atoms with van der Waals surface area (Å²) in [4.78, 5) is 17.8. The lowest BCUT2D eigenvalue weighted by molar-refractivity contribution is 0.0797. The van der Waals surface area contributed by atoms with Gasteiger partial charge in [-0.05, 0) is 13.3 Å². The monoisotopic (exact) mass is 208 g/mol. The molecule has 0 aromatic carbocycles. The Kier molecular flexibility index (Phi) is 2.62. The van der Waals surface area contributed by atoms with Gasteiger partial charge in [-0.2, -0.15) is 0 Å². The Bertz CT molecular complexity index is 348. The van der Waals surface area contributed by atoms with E-state index in [-0.39, 0.29) is 5.91 Å². The van der Waals surface area contributed by atoms with Crippen molar-refractivity contribution in [3.63, 3.8) is 0 Å². The van der Waals surface area contributed by atoms with Crippen LogP contribution in [-0.2, 0) is 6.54 Å². The van der Waals surface area contributed by atoms with Crippen molar-refractivity contribution >= 4 is 11.9 Å². The number of carbonyl (C=O) groups is 1. The first-order valence-electron chi connectivity index (χ1n) is 5.29. The van der Waals surface area contributed by atoms with Crippen molar-refractivity contribution in [2.75, 3.05) is 25.5 Å². The second-order valence-electron chi connectivity index (χ2n) is 3.74. The van der Waals surface area contributed by atoms with Crippen molar-refractivity contribution in [2.45, 2.75) is 19.9 Å². The molecule has 2 heterocycles. The van der Waals surface area contributed by atoms with Gasteiger partial charge in [0.05, 0.1) is 0 Å². The minimum atomic E-state index is -0.0128. The van der Waals surface area contributed by atoms with Gasteiger partial charge in [-0.15, -0.1) is 0 Å². The van der Waals surface area contributed by atoms with Crippen molar-refractivity contribution in [3.8, 4) is 0 Å². The van der Waals surface area contributed by atoms with Crippen LogP contribution in [0.5, 0.6) is 0 Å². The number of aryl methyl sites for hydroxylation is 1. The molecule has 0 radical (unpaired) electrons. The van der Waals surface area contributed by atoms with Crippen LogP contribution < -0.4 is 5.32 Å². The van der Waals surface area contributed by atoms with E-state index in [4.69, 9.17) is 0 Å². The number of fused-ring (bicyclic) bond motifs is 1. The van der Waals surface area contributed by atoms with Crippen molar-refractivity contribution in [1.29, 1.82) is 0 Å². The molecule has 1 aromatic heterocycles. The molecule has 2 rings (SSSR count). The zero-order valence-corrected chi connectivity index (χ0v) is 9.16. The number of amides is 1. The molecule has 5 nitrogen and oxygen atoms in total. The van der Waals surface area contributed by atoms with E-state index in [0.29, 0.717) is 12.2 Å². The van der Waals surface area contributed by atoms with Gasteiger partial charge >= 0.3 is 0 Å². The van der Waals surface area contributed by atoms with E-state index in [0.717, 1.165) is 25.5 Å². The highest BCUT2D eigenvalue weighted by molar-refractivity contribution is 5.92. The van der Waals surface area contributed by atoms with Gasteiger partial charge < -0.3 is 14.8 Å². The minimum absolute atomic E-state index is 0.0128. The van der Waals surface area contributed by atoms with E-state index in [9.17, 15) is 4.79 Å². The molecule has 0 aliphatic carbocycles. The molecule has 0 saturated heterocycles. The van der Waals surface area contributed by atoms with Crippen LogP contribution in [0.3, 0.4) is 0 Å². The van der Waals surface area contributed by atoms with E-state index >= 15 is 0 Å². The molecule has 1 aliphatic heterocycles. The minimum Gasteiger partial charge on any atom is -0.356 e. The van der Waals surface area contributed by atoms with E-state index in [1.54, 1.807) is 11.9 Å². The Morgan fingerprint density at radius 1 is 1.73 bits per heavy atom. The first-order chi connectivity index (χ1) is 7.22. The second kappa shape index (κ2) is 3.92. The summed E-state index contributed by atoms with van der Waals surface area (Å²) in [6, 6.07) is 0. The number of rotatable bonds is 2. The maximum atomic E-state index is 11.8. The number of aromatic nitrogens is 2. The second-order valence-corrected chi connectivity index (χ2v) is 3.74. The van der Waals surface area contributed by atoms with Gasteiger partial charge in [-0.25, -0.2) is 4.98 Å². The Labute approximate surface area is 89.1 Å². The van der Waals surface area contributed by atoms with Crippen LogP contribution in [0, 0.1) is 0 Å². The lowest BCUT2D eigenvalue weighted by Gasteiger charge is -2.14. The fourth-order valence-corrected chi connectivity index (χ4v) is 1.62. The SMILES string of the molecule is CCN(C)C(=O)c1cn2c(n1)NCCC2. The molecule has 15 heavy (non-hydrogen) atoms. The van der Waals surface area contributed by atoms with Crippen LogP contribution in [0.25, 0.3) is 0 Å². The van der Waals surface area contributed by atoms with Crippen LogP contribution in [0.4, 0.5) is 5.95 Å². The third-order valence-electron chi connectivity index (χ3n) is 2.68. The smallest absolute Gasteiger partial charge is 0.273 e. The number of nitrogens with zero attached hydrogens (tertiary/aromatic N) is 3. The molecular weight excluding hydrogens is 192 g/mol. The van der Waals surface area contributed by atoms with E-state index < -0.39 is 0 Å². The molecule has 0 bridgehead atoms. The summed E-state index contributed by atoms with van der Waals surface area (Å²) < 4.78 is 2.00. The fourth-order valence-electron chi connectivity index (χ4n) is 1.62. The Balaban J connectivity index is 2.22. The van der Waals surface area contributed by atoms with Gasteiger partial charge in [0, 0.05) is 32.9 Å². The summed E-state index contributed by atoms with van der Waals surface area (Å²) in [5.41, 5.74) is 0.531. The predicted molar refractivity (Wildman–Crippen MR) is 58.0 cm³/mol. The Morgan fingerprint density at radius 2 is 2.53 bits per heavy atom. The molecule has 0 fully saturated rings. The van der Waals surface area contributed by atoms with Gasteiger partial charge in [0.15, 0.2) is 0 Å². The number of nitrogens with one attached hydrogen (secondary N) is 1. The summed E-state index contributed by atoms with van der Waals surface area (Å²) in [7, 11) is 1.79. The Hall–Kier alpha value is -1.52. The highest BCUT2D eigenvalue weighted by Crippen LogP contribution is 2.14. The standard InChI is InChI=1S/C10H16N4O/c1-3-13(2)9(15)8-7-14-6-4-5-11-10(14)12-8/h7H,3-6H2,1-2H3,(H,11,12). The molecule has 82 valence electrons. The Morgan fingerprint density at radius 3 is 3.20 bits per heavy atom. The lowest BCUT2D eigenvalue weighted by Crippen LogP contribution is -2.26. The first kappa shape index (κ1) is 10.0. The molecule has 1 aliphatic rings. The first-order valence-corrected chi connectivity index (χ1v) is 5.29. The molecule has 5 heteroatoms. The van der Waals surface area contributed by atoms with E-state index in [1.807, 2.05) is 17.7 Å². The largest absolute Gasteiger partial charge is 0.356 e. The summed E-state index contributed by atoms with van der Waals surface area (Å²) >= 11 is 0. The van der Waals surface area contributed by atoms with Crippen LogP contribution in [0.1, 0.15) is 23.8 Å². The van der Waals surface area contributed by atoms with Crippen LogP contribution >= 0.6 is 0 Å². The third kappa shape index (κ3) is 1.82. The van der Waals surface area contributed by atoms with Crippen molar-refractivity contribution < 1.29 is 4.79 Å². The predicted octanol–water partition coefficient (Wildman–Crippen LogP) is 0.791. The molecule has 1 N–H and O–H groups in total. The highest BCUT2D eigenvalue weighted by atomic mass is 16.2. The van der Waals surface area contributed by atoms with Gasteiger partial charge in [0.2, 0.25) is 5.95 Å². The quantitative estimate of drug-likeness (QED) is 0.781. The lowest BCUT2D eigenvalue weighted by atomic mass is 10.4. The normalized spacial score (nSPS) is 14.3. The number of hydrogen-bond acceptors (Lipinski definition) is 3. The fraction of sp³-hybridized carbons (Fsp3) is 0.600. The molecule has 1 aromatic rings. The summed E-state index contributed by atoms with van der Waals surface area (Å²) in [6.07, 6.45) is 2.91. The third-order valence-corrected chi connectivity index (χ3v) is 2.68. The summed E-state index contributed by atoms with van der Waals surface area (Å²) in [6.45, 7) is 4.54. The average Bonchev–Trinajstić information content (AvgIpc) is 2.70. The van der Waals surface area contributed by atoms with E-state index in [1.165, 1.54) is 0 Å². The molecule has 0 atom stereocenters. The zero-order valence-electron chi connectivity index (χ0n) is 9.16. The molecule has 0 spiro atoms. The van der Waals surface area contributed by atoms with Crippen LogP contribution in [-0.4, -0.2) is 40.5 Å². The number of imidazole rings is 1. The summed E-state index contributed by atoms with van der Waals surface area (Å²) in [5.74, 6) is 0.801. The summed E-state index contributed by atoms with van der Waals surface area (Å²) in [5, 5.41) is 3.18. The highest BCUT2D eigenvalue weighted by Gasteiger charge is 2.18. The van der Waals surface area contributed by atoms with Crippen molar-refractivity contribution in [1.82, 2.24) is 14.5 Å². The molecule has 0 unspecified atom stereocenters.